The molecule has 1 aromatic heterocycles. The fourth-order valence-corrected chi connectivity index (χ4v) is 3.64. The summed E-state index contributed by atoms with van der Waals surface area (Å²) >= 11 is 0. The molecule has 0 saturated heterocycles. The van der Waals surface area contributed by atoms with E-state index in [2.05, 4.69) is 23.9 Å². The van der Waals surface area contributed by atoms with Crippen LogP contribution in [-0.2, 0) is 6.42 Å². The van der Waals surface area contributed by atoms with E-state index >= 15 is 0 Å². The average Bonchev–Trinajstić information content (AvgIpc) is 3.06. The number of aromatic nitrogens is 2. The van der Waals surface area contributed by atoms with E-state index in [-0.39, 0.29) is 6.10 Å². The summed E-state index contributed by atoms with van der Waals surface area (Å²) in [6, 6.07) is 2.82. The third-order valence-corrected chi connectivity index (χ3v) is 5.02. The molecule has 1 N–H and O–H groups in total. The zero-order chi connectivity index (χ0) is 12.5. The third-order valence-electron chi connectivity index (χ3n) is 5.02. The first-order valence-corrected chi connectivity index (χ1v) is 7.46. The highest BCUT2D eigenvalue weighted by atomic mass is 16.3. The maximum absolute atomic E-state index is 9.80. The van der Waals surface area contributed by atoms with E-state index in [4.69, 9.17) is 5.10 Å². The molecule has 2 aliphatic rings. The van der Waals surface area contributed by atoms with Crippen molar-refractivity contribution >= 4 is 0 Å². The number of rotatable bonds is 3. The quantitative estimate of drug-likeness (QED) is 0.893. The summed E-state index contributed by atoms with van der Waals surface area (Å²) < 4.78 is 2.18. The van der Waals surface area contributed by atoms with Crippen molar-refractivity contribution in [3.8, 4) is 0 Å². The van der Waals surface area contributed by atoms with E-state index in [1.165, 1.54) is 31.4 Å². The van der Waals surface area contributed by atoms with Gasteiger partial charge in [0.05, 0.1) is 17.8 Å². The molecular weight excluding hydrogens is 224 g/mol. The van der Waals surface area contributed by atoms with Crippen molar-refractivity contribution in [2.45, 2.75) is 64.0 Å². The molecule has 0 bridgehead atoms. The van der Waals surface area contributed by atoms with Gasteiger partial charge in [0.1, 0.15) is 0 Å². The Bertz CT molecular complexity index is 395. The summed E-state index contributed by atoms with van der Waals surface area (Å²) in [4.78, 5) is 0. The van der Waals surface area contributed by atoms with E-state index in [1.807, 2.05) is 0 Å². The van der Waals surface area contributed by atoms with Crippen LogP contribution in [0.1, 0.15) is 57.2 Å². The Hall–Kier alpha value is -0.830. The smallest absolute Gasteiger partial charge is 0.0627 e. The van der Waals surface area contributed by atoms with Crippen molar-refractivity contribution in [1.82, 2.24) is 9.78 Å². The first-order valence-electron chi connectivity index (χ1n) is 7.46. The molecular formula is C15H24N2O. The van der Waals surface area contributed by atoms with Gasteiger partial charge in [0.2, 0.25) is 0 Å². The fraction of sp³-hybridized carbons (Fsp3) is 0.800. The molecule has 3 heteroatoms. The Morgan fingerprint density at radius 3 is 2.72 bits per heavy atom. The summed E-state index contributed by atoms with van der Waals surface area (Å²) in [7, 11) is 0. The van der Waals surface area contributed by atoms with Crippen molar-refractivity contribution in [3.63, 3.8) is 0 Å². The number of hydrogen-bond donors (Lipinski definition) is 1. The normalized spacial score (nSPS) is 33.3. The maximum Gasteiger partial charge on any atom is 0.0627 e. The van der Waals surface area contributed by atoms with E-state index in [9.17, 15) is 5.11 Å². The zero-order valence-corrected chi connectivity index (χ0v) is 11.3. The molecule has 3 atom stereocenters. The second kappa shape index (κ2) is 5.04. The average molecular weight is 248 g/mol. The van der Waals surface area contributed by atoms with Crippen molar-refractivity contribution < 1.29 is 5.11 Å². The monoisotopic (exact) mass is 248 g/mol. The second-order valence-corrected chi connectivity index (χ2v) is 6.19. The summed E-state index contributed by atoms with van der Waals surface area (Å²) in [5, 5.41) is 14.5. The highest BCUT2D eigenvalue weighted by Crippen LogP contribution is 2.34. The minimum Gasteiger partial charge on any atom is -0.393 e. The molecule has 3 unspecified atom stereocenters. The molecule has 0 amide bonds. The lowest BCUT2D eigenvalue weighted by Crippen LogP contribution is -2.17. The predicted molar refractivity (Wildman–Crippen MR) is 71.3 cm³/mol. The standard InChI is InChI=1S/C15H24N2O/c1-11-12(6-7-15(11)18)10-13-8-9-17(16-13)14-4-2-3-5-14/h8-9,11-12,14-15,18H,2-7,10H2,1H3. The van der Waals surface area contributed by atoms with E-state index in [1.54, 1.807) is 0 Å². The van der Waals surface area contributed by atoms with E-state index < -0.39 is 0 Å². The lowest BCUT2D eigenvalue weighted by Gasteiger charge is -2.16. The molecule has 0 aliphatic heterocycles. The zero-order valence-electron chi connectivity index (χ0n) is 11.3. The van der Waals surface area contributed by atoms with Crippen LogP contribution >= 0.6 is 0 Å². The van der Waals surface area contributed by atoms with Gasteiger partial charge in [0, 0.05) is 6.20 Å². The molecule has 1 heterocycles. The van der Waals surface area contributed by atoms with Crippen molar-refractivity contribution in [2.75, 3.05) is 0 Å². The van der Waals surface area contributed by atoms with Gasteiger partial charge >= 0.3 is 0 Å². The molecule has 1 aromatic rings. The Labute approximate surface area is 109 Å². The van der Waals surface area contributed by atoms with Crippen LogP contribution < -0.4 is 0 Å². The molecule has 100 valence electrons. The van der Waals surface area contributed by atoms with Gasteiger partial charge in [-0.25, -0.2) is 0 Å². The van der Waals surface area contributed by atoms with Gasteiger partial charge in [-0.2, -0.15) is 5.10 Å². The van der Waals surface area contributed by atoms with Crippen molar-refractivity contribution in [1.29, 1.82) is 0 Å². The van der Waals surface area contributed by atoms with Gasteiger partial charge in [-0.05, 0) is 50.0 Å². The largest absolute Gasteiger partial charge is 0.393 e. The Kier molecular flexibility index (Phi) is 3.42. The molecule has 2 fully saturated rings. The summed E-state index contributed by atoms with van der Waals surface area (Å²) in [5.41, 5.74) is 1.22. The Morgan fingerprint density at radius 1 is 1.28 bits per heavy atom. The van der Waals surface area contributed by atoms with Crippen LogP contribution in [0.2, 0.25) is 0 Å². The van der Waals surface area contributed by atoms with Crippen LogP contribution in [0.5, 0.6) is 0 Å². The number of aliphatic hydroxyl groups is 1. The summed E-state index contributed by atoms with van der Waals surface area (Å²) in [5.74, 6) is 1.05. The number of hydrogen-bond acceptors (Lipinski definition) is 2. The lowest BCUT2D eigenvalue weighted by molar-refractivity contribution is 0.127. The maximum atomic E-state index is 9.80. The minimum atomic E-state index is -0.0908. The molecule has 0 spiro atoms. The third kappa shape index (κ3) is 2.33. The topological polar surface area (TPSA) is 38.0 Å². The number of nitrogens with zero attached hydrogens (tertiary/aromatic N) is 2. The van der Waals surface area contributed by atoms with Gasteiger partial charge in [-0.15, -0.1) is 0 Å². The van der Waals surface area contributed by atoms with Gasteiger partial charge in [0.15, 0.2) is 0 Å². The van der Waals surface area contributed by atoms with Crippen LogP contribution in [0.4, 0.5) is 0 Å². The van der Waals surface area contributed by atoms with Crippen LogP contribution in [0.25, 0.3) is 0 Å². The molecule has 3 rings (SSSR count). The lowest BCUT2D eigenvalue weighted by atomic mass is 9.92. The van der Waals surface area contributed by atoms with E-state index in [0.29, 0.717) is 17.9 Å². The van der Waals surface area contributed by atoms with E-state index in [0.717, 1.165) is 19.3 Å². The van der Waals surface area contributed by atoms with Gasteiger partial charge in [-0.1, -0.05) is 19.8 Å². The van der Waals surface area contributed by atoms with Gasteiger partial charge < -0.3 is 5.11 Å². The Balaban J connectivity index is 1.63. The fourth-order valence-electron chi connectivity index (χ4n) is 3.64. The van der Waals surface area contributed by atoms with Crippen LogP contribution in [0, 0.1) is 11.8 Å². The van der Waals surface area contributed by atoms with Crippen LogP contribution in [-0.4, -0.2) is 21.0 Å². The molecule has 0 aromatic carbocycles. The van der Waals surface area contributed by atoms with Gasteiger partial charge in [0.25, 0.3) is 0 Å². The first-order chi connectivity index (χ1) is 8.74. The van der Waals surface area contributed by atoms with Crippen molar-refractivity contribution in [2.24, 2.45) is 11.8 Å². The minimum absolute atomic E-state index is 0.0908. The molecule has 2 aliphatic carbocycles. The summed E-state index contributed by atoms with van der Waals surface area (Å²) in [6.07, 6.45) is 10.5. The highest BCUT2D eigenvalue weighted by molar-refractivity contribution is 5.03. The van der Waals surface area contributed by atoms with Crippen LogP contribution in [0.3, 0.4) is 0 Å². The van der Waals surface area contributed by atoms with Gasteiger partial charge in [-0.3, -0.25) is 4.68 Å². The predicted octanol–water partition coefficient (Wildman–Crippen LogP) is 2.95. The van der Waals surface area contributed by atoms with Crippen molar-refractivity contribution in [3.05, 3.63) is 18.0 Å². The SMILES string of the molecule is CC1C(O)CCC1Cc1ccn(C2CCCC2)n1. The molecule has 18 heavy (non-hydrogen) atoms. The first kappa shape index (κ1) is 12.2. The highest BCUT2D eigenvalue weighted by Gasteiger charge is 2.31. The Morgan fingerprint density at radius 2 is 2.06 bits per heavy atom. The molecule has 3 nitrogen and oxygen atoms in total. The van der Waals surface area contributed by atoms with Crippen LogP contribution in [0.15, 0.2) is 12.3 Å². The summed E-state index contributed by atoms with van der Waals surface area (Å²) in [6.45, 7) is 2.18. The second-order valence-electron chi connectivity index (χ2n) is 6.19. The molecule has 0 radical (unpaired) electrons. The molecule has 2 saturated carbocycles. The number of aliphatic hydroxyl groups excluding tert-OH is 1.